The molecule has 0 saturated heterocycles. The summed E-state index contributed by atoms with van der Waals surface area (Å²) in [6.07, 6.45) is 1.68. The number of amides is 3. The van der Waals surface area contributed by atoms with Crippen molar-refractivity contribution in [3.8, 4) is 0 Å². The maximum absolute atomic E-state index is 13.6. The van der Waals surface area contributed by atoms with Crippen LogP contribution in [0.2, 0.25) is 0 Å². The Balaban J connectivity index is 3.39. The quantitative estimate of drug-likeness (QED) is 0.444. The average Bonchev–Trinajstić information content (AvgIpc) is 2.69. The number of aliphatic hydroxyl groups is 1. The van der Waals surface area contributed by atoms with Crippen LogP contribution < -0.4 is 10.6 Å². The molecule has 34 heavy (non-hydrogen) atoms. The van der Waals surface area contributed by atoms with Crippen LogP contribution in [0.4, 0.5) is 4.79 Å². The van der Waals surface area contributed by atoms with Crippen LogP contribution in [-0.2, 0) is 14.3 Å². The van der Waals surface area contributed by atoms with Crippen molar-refractivity contribution in [1.29, 1.82) is 0 Å². The summed E-state index contributed by atoms with van der Waals surface area (Å²) >= 11 is 0. The van der Waals surface area contributed by atoms with Crippen LogP contribution in [0.5, 0.6) is 0 Å². The lowest BCUT2D eigenvalue weighted by molar-refractivity contribution is -0.144. The number of benzene rings is 1. The second-order valence-electron chi connectivity index (χ2n) is 10.7. The smallest absolute Gasteiger partial charge is 0.408 e. The van der Waals surface area contributed by atoms with Gasteiger partial charge in [0.15, 0.2) is 0 Å². The highest BCUT2D eigenvalue weighted by Crippen LogP contribution is 2.25. The molecular weight excluding hydrogens is 434 g/mol. The Bertz CT molecular complexity index is 809. The summed E-state index contributed by atoms with van der Waals surface area (Å²) in [5.74, 6) is -0.866. The Morgan fingerprint density at radius 1 is 1.03 bits per heavy atom. The molecule has 0 radical (unpaired) electrons. The molecule has 0 aliphatic heterocycles. The standard InChI is InChI=1S/C26H43N3O5/c1-9-10-11-16-29(23(32)20(17-30)27-24(33)34-26(6,7)8)21(22(31)28-25(3,4)5)19-14-12-18(2)13-15-19/h12-15,20-21,30H,9-11,16-17H2,1-8H3,(H,27,33)(H,28,31). The van der Waals surface area contributed by atoms with Gasteiger partial charge < -0.3 is 25.4 Å². The number of carbonyl (C=O) groups is 3. The molecule has 0 fully saturated rings. The lowest BCUT2D eigenvalue weighted by atomic mass is 9.99. The largest absolute Gasteiger partial charge is 0.444 e. The fourth-order valence-electron chi connectivity index (χ4n) is 3.39. The predicted octanol–water partition coefficient (Wildman–Crippen LogP) is 3.86. The van der Waals surface area contributed by atoms with Crippen molar-refractivity contribution in [2.75, 3.05) is 13.2 Å². The lowest BCUT2D eigenvalue weighted by Gasteiger charge is -2.35. The summed E-state index contributed by atoms with van der Waals surface area (Å²) < 4.78 is 5.26. The predicted molar refractivity (Wildman–Crippen MR) is 133 cm³/mol. The minimum atomic E-state index is -1.24. The van der Waals surface area contributed by atoms with Crippen LogP contribution in [0.15, 0.2) is 24.3 Å². The van der Waals surface area contributed by atoms with Crippen molar-refractivity contribution in [1.82, 2.24) is 15.5 Å². The molecule has 1 aromatic carbocycles. The minimum Gasteiger partial charge on any atom is -0.444 e. The maximum Gasteiger partial charge on any atom is 0.408 e. The first-order valence-corrected chi connectivity index (χ1v) is 12.0. The summed E-state index contributed by atoms with van der Waals surface area (Å²) in [7, 11) is 0. The van der Waals surface area contributed by atoms with Gasteiger partial charge in [0.25, 0.3) is 0 Å². The summed E-state index contributed by atoms with van der Waals surface area (Å²) in [6.45, 7) is 14.4. The number of alkyl carbamates (subject to hydrolysis) is 1. The molecule has 0 aliphatic carbocycles. The van der Waals surface area contributed by atoms with Crippen LogP contribution in [0, 0.1) is 6.92 Å². The molecule has 0 aromatic heterocycles. The van der Waals surface area contributed by atoms with E-state index in [2.05, 4.69) is 17.6 Å². The number of hydrogen-bond acceptors (Lipinski definition) is 5. The Labute approximate surface area is 204 Å². The summed E-state index contributed by atoms with van der Waals surface area (Å²) in [5.41, 5.74) is 0.419. The second-order valence-corrected chi connectivity index (χ2v) is 10.7. The Morgan fingerprint density at radius 3 is 2.09 bits per heavy atom. The molecule has 3 amide bonds. The van der Waals surface area contributed by atoms with Crippen molar-refractivity contribution >= 4 is 17.9 Å². The van der Waals surface area contributed by atoms with Gasteiger partial charge in [-0.1, -0.05) is 49.6 Å². The Morgan fingerprint density at radius 2 is 1.62 bits per heavy atom. The fraction of sp³-hybridized carbons (Fsp3) is 0.654. The molecule has 0 heterocycles. The molecule has 2 atom stereocenters. The highest BCUT2D eigenvalue weighted by atomic mass is 16.6. The highest BCUT2D eigenvalue weighted by Gasteiger charge is 2.36. The van der Waals surface area contributed by atoms with Gasteiger partial charge in [0, 0.05) is 12.1 Å². The molecule has 3 N–H and O–H groups in total. The zero-order valence-corrected chi connectivity index (χ0v) is 22.0. The molecule has 8 heteroatoms. The molecule has 192 valence electrons. The number of ether oxygens (including phenoxy) is 1. The van der Waals surface area contributed by atoms with Crippen molar-refractivity contribution in [2.24, 2.45) is 0 Å². The lowest BCUT2D eigenvalue weighted by Crippen LogP contribution is -2.55. The first-order valence-electron chi connectivity index (χ1n) is 12.0. The number of nitrogens with zero attached hydrogens (tertiary/aromatic N) is 1. The van der Waals surface area contributed by atoms with E-state index in [0.717, 1.165) is 18.4 Å². The van der Waals surface area contributed by atoms with E-state index < -0.39 is 41.8 Å². The van der Waals surface area contributed by atoms with Crippen LogP contribution in [-0.4, -0.2) is 58.2 Å². The van der Waals surface area contributed by atoms with Crippen LogP contribution in [0.1, 0.15) is 84.9 Å². The van der Waals surface area contributed by atoms with Crippen molar-refractivity contribution in [3.05, 3.63) is 35.4 Å². The van der Waals surface area contributed by atoms with E-state index in [0.29, 0.717) is 18.5 Å². The van der Waals surface area contributed by atoms with Gasteiger partial charge in [-0.3, -0.25) is 9.59 Å². The third kappa shape index (κ3) is 10.1. The monoisotopic (exact) mass is 477 g/mol. The number of carbonyl (C=O) groups excluding carboxylic acids is 3. The van der Waals surface area contributed by atoms with Gasteiger partial charge in [0.1, 0.15) is 17.7 Å². The highest BCUT2D eigenvalue weighted by molar-refractivity contribution is 5.92. The summed E-state index contributed by atoms with van der Waals surface area (Å²) in [4.78, 5) is 40.9. The zero-order valence-electron chi connectivity index (χ0n) is 22.0. The van der Waals surface area contributed by atoms with Crippen LogP contribution in [0.25, 0.3) is 0 Å². The number of unbranched alkanes of at least 4 members (excludes halogenated alkanes) is 2. The van der Waals surface area contributed by atoms with E-state index in [-0.39, 0.29) is 5.91 Å². The van der Waals surface area contributed by atoms with Crippen molar-refractivity contribution in [2.45, 2.75) is 97.9 Å². The molecule has 2 unspecified atom stereocenters. The number of nitrogens with one attached hydrogen (secondary N) is 2. The summed E-state index contributed by atoms with van der Waals surface area (Å²) in [5, 5.41) is 15.4. The SMILES string of the molecule is CCCCCN(C(=O)C(CO)NC(=O)OC(C)(C)C)C(C(=O)NC(C)(C)C)c1ccc(C)cc1. The normalized spacial score (nSPS) is 13.6. The number of rotatable bonds is 10. The van der Waals surface area contributed by atoms with Crippen molar-refractivity contribution in [3.63, 3.8) is 0 Å². The van der Waals surface area contributed by atoms with Gasteiger partial charge in [-0.2, -0.15) is 0 Å². The third-order valence-corrected chi connectivity index (χ3v) is 4.91. The molecule has 8 nitrogen and oxygen atoms in total. The zero-order chi connectivity index (χ0) is 26.1. The van der Waals surface area contributed by atoms with Gasteiger partial charge in [0.05, 0.1) is 6.61 Å². The minimum absolute atomic E-state index is 0.301. The molecular formula is C26H43N3O5. The van der Waals surface area contributed by atoms with E-state index in [1.807, 2.05) is 52.0 Å². The number of aryl methyl sites for hydroxylation is 1. The van der Waals surface area contributed by atoms with E-state index in [1.165, 1.54) is 4.90 Å². The first-order chi connectivity index (χ1) is 15.7. The summed E-state index contributed by atoms with van der Waals surface area (Å²) in [6, 6.07) is 5.29. The van der Waals surface area contributed by atoms with Crippen LogP contribution in [0.3, 0.4) is 0 Å². The number of hydrogen-bond donors (Lipinski definition) is 3. The molecule has 0 bridgehead atoms. The van der Waals surface area contributed by atoms with Gasteiger partial charge >= 0.3 is 6.09 Å². The van der Waals surface area contributed by atoms with E-state index in [4.69, 9.17) is 4.74 Å². The van der Waals surface area contributed by atoms with Crippen LogP contribution >= 0.6 is 0 Å². The van der Waals surface area contributed by atoms with E-state index >= 15 is 0 Å². The average molecular weight is 478 g/mol. The molecule has 0 spiro atoms. The fourth-order valence-corrected chi connectivity index (χ4v) is 3.39. The second kappa shape index (κ2) is 12.7. The Kier molecular flexibility index (Phi) is 11.0. The third-order valence-electron chi connectivity index (χ3n) is 4.91. The molecule has 0 aliphatic rings. The Hall–Kier alpha value is -2.61. The maximum atomic E-state index is 13.6. The van der Waals surface area contributed by atoms with Crippen molar-refractivity contribution < 1.29 is 24.2 Å². The molecule has 1 rings (SSSR count). The molecule has 0 saturated carbocycles. The van der Waals surface area contributed by atoms with Gasteiger partial charge in [-0.25, -0.2) is 4.79 Å². The number of aliphatic hydroxyl groups excluding tert-OH is 1. The topological polar surface area (TPSA) is 108 Å². The first kappa shape index (κ1) is 29.4. The van der Waals surface area contributed by atoms with Gasteiger partial charge in [0.2, 0.25) is 11.8 Å². The van der Waals surface area contributed by atoms with E-state index in [9.17, 15) is 19.5 Å². The molecule has 1 aromatic rings. The van der Waals surface area contributed by atoms with E-state index in [1.54, 1.807) is 20.8 Å². The van der Waals surface area contributed by atoms with Gasteiger partial charge in [-0.05, 0) is 60.5 Å². The van der Waals surface area contributed by atoms with Gasteiger partial charge in [-0.15, -0.1) is 0 Å².